The van der Waals surface area contributed by atoms with E-state index >= 15 is 0 Å². The largest absolute Gasteiger partial charge is 0.483 e. The molecular formula is C13H16N4O2. The minimum Gasteiger partial charge on any atom is -0.483 e. The topological polar surface area (TPSA) is 79.9 Å². The van der Waals surface area contributed by atoms with E-state index in [1.807, 2.05) is 32.9 Å². The number of aryl methyl sites for hydroxylation is 3. The van der Waals surface area contributed by atoms with Gasteiger partial charge in [-0.25, -0.2) is 5.10 Å². The number of anilines is 1. The average molecular weight is 260 g/mol. The first-order valence-electron chi connectivity index (χ1n) is 5.92. The van der Waals surface area contributed by atoms with Crippen LogP contribution in [0.3, 0.4) is 0 Å². The molecule has 2 N–H and O–H groups in total. The number of nitrogens with one attached hydrogen (secondary N) is 2. The number of ether oxygens (including phenoxy) is 1. The van der Waals surface area contributed by atoms with Crippen molar-refractivity contribution < 1.29 is 9.53 Å². The van der Waals surface area contributed by atoms with Crippen molar-refractivity contribution in [2.45, 2.75) is 20.8 Å². The number of carbonyl (C=O) groups is 1. The quantitative estimate of drug-likeness (QED) is 0.877. The second-order valence-electron chi connectivity index (χ2n) is 4.40. The predicted octanol–water partition coefficient (Wildman–Crippen LogP) is 1.75. The van der Waals surface area contributed by atoms with Crippen LogP contribution in [0, 0.1) is 20.8 Å². The number of amides is 1. The Morgan fingerprint density at radius 2 is 2.00 bits per heavy atom. The number of rotatable bonds is 4. The molecule has 0 fully saturated rings. The highest BCUT2D eigenvalue weighted by Gasteiger charge is 2.09. The molecule has 0 aliphatic heterocycles. The first-order valence-corrected chi connectivity index (χ1v) is 5.92. The standard InChI is InChI=1S/C13H16N4O2/c1-8-4-9(2)12(10(3)5-8)19-6-11(18)16-13-14-7-15-17-13/h4-5,7H,6H2,1-3H3,(H2,14,15,16,17,18). The highest BCUT2D eigenvalue weighted by molar-refractivity contribution is 5.90. The number of benzene rings is 1. The molecule has 1 aromatic heterocycles. The molecule has 6 nitrogen and oxygen atoms in total. The Bertz CT molecular complexity index is 555. The third-order valence-corrected chi connectivity index (χ3v) is 2.63. The van der Waals surface area contributed by atoms with Gasteiger partial charge in [0.25, 0.3) is 5.91 Å². The normalized spacial score (nSPS) is 10.3. The molecule has 2 rings (SSSR count). The lowest BCUT2D eigenvalue weighted by atomic mass is 10.1. The molecule has 0 unspecified atom stereocenters. The van der Waals surface area contributed by atoms with Crippen molar-refractivity contribution in [3.8, 4) is 5.75 Å². The maximum atomic E-state index is 11.6. The lowest BCUT2D eigenvalue weighted by Crippen LogP contribution is -2.21. The highest BCUT2D eigenvalue weighted by Crippen LogP contribution is 2.24. The van der Waals surface area contributed by atoms with Gasteiger partial charge in [0.2, 0.25) is 5.95 Å². The number of H-pyrrole nitrogens is 1. The van der Waals surface area contributed by atoms with Crippen LogP contribution in [0.5, 0.6) is 5.75 Å². The lowest BCUT2D eigenvalue weighted by Gasteiger charge is -2.12. The van der Waals surface area contributed by atoms with Crippen LogP contribution >= 0.6 is 0 Å². The van der Waals surface area contributed by atoms with E-state index in [1.165, 1.54) is 11.9 Å². The molecule has 0 bridgehead atoms. The van der Waals surface area contributed by atoms with Crippen molar-refractivity contribution in [2.24, 2.45) is 0 Å². The molecule has 1 aromatic carbocycles. The summed E-state index contributed by atoms with van der Waals surface area (Å²) in [6.07, 6.45) is 1.32. The van der Waals surface area contributed by atoms with Gasteiger partial charge in [-0.2, -0.15) is 10.1 Å². The van der Waals surface area contributed by atoms with Gasteiger partial charge in [0.05, 0.1) is 0 Å². The second kappa shape index (κ2) is 5.51. The summed E-state index contributed by atoms with van der Waals surface area (Å²) < 4.78 is 5.56. The molecule has 100 valence electrons. The van der Waals surface area contributed by atoms with Crippen LogP contribution in [0.2, 0.25) is 0 Å². The van der Waals surface area contributed by atoms with Gasteiger partial charge in [0.15, 0.2) is 6.61 Å². The number of aromatic nitrogens is 3. The van der Waals surface area contributed by atoms with Crippen LogP contribution in [-0.4, -0.2) is 27.7 Å². The monoisotopic (exact) mass is 260 g/mol. The SMILES string of the molecule is Cc1cc(C)c(OCC(=O)Nc2ncn[nH]2)c(C)c1. The Morgan fingerprint density at radius 3 is 2.58 bits per heavy atom. The third-order valence-electron chi connectivity index (χ3n) is 2.63. The van der Waals surface area contributed by atoms with Gasteiger partial charge in [-0.15, -0.1) is 0 Å². The Hall–Kier alpha value is -2.37. The van der Waals surface area contributed by atoms with Gasteiger partial charge >= 0.3 is 0 Å². The molecule has 0 atom stereocenters. The highest BCUT2D eigenvalue weighted by atomic mass is 16.5. The Balaban J connectivity index is 1.97. The fourth-order valence-corrected chi connectivity index (χ4v) is 1.97. The average Bonchev–Trinajstić information content (AvgIpc) is 2.80. The number of nitrogens with zero attached hydrogens (tertiary/aromatic N) is 2. The second-order valence-corrected chi connectivity index (χ2v) is 4.40. The van der Waals surface area contributed by atoms with Gasteiger partial charge in [-0.1, -0.05) is 17.7 Å². The first kappa shape index (κ1) is 13.1. The molecule has 0 saturated carbocycles. The zero-order valence-electron chi connectivity index (χ0n) is 11.2. The van der Waals surface area contributed by atoms with Gasteiger partial charge in [-0.3, -0.25) is 10.1 Å². The zero-order valence-corrected chi connectivity index (χ0v) is 11.2. The fourth-order valence-electron chi connectivity index (χ4n) is 1.97. The Morgan fingerprint density at radius 1 is 1.32 bits per heavy atom. The Labute approximate surface area is 111 Å². The van der Waals surface area contributed by atoms with Crippen LogP contribution in [0.15, 0.2) is 18.5 Å². The summed E-state index contributed by atoms with van der Waals surface area (Å²) in [4.78, 5) is 15.5. The van der Waals surface area contributed by atoms with E-state index < -0.39 is 0 Å². The molecule has 2 aromatic rings. The molecule has 0 aliphatic carbocycles. The summed E-state index contributed by atoms with van der Waals surface area (Å²) in [6.45, 7) is 5.89. The lowest BCUT2D eigenvalue weighted by molar-refractivity contribution is -0.118. The summed E-state index contributed by atoms with van der Waals surface area (Å²) >= 11 is 0. The molecule has 6 heteroatoms. The van der Waals surface area contributed by atoms with Crippen LogP contribution < -0.4 is 10.1 Å². The van der Waals surface area contributed by atoms with Crippen LogP contribution in [0.4, 0.5) is 5.95 Å². The van der Waals surface area contributed by atoms with Gasteiger partial charge < -0.3 is 4.74 Å². The van der Waals surface area contributed by atoms with Crippen molar-refractivity contribution in [3.63, 3.8) is 0 Å². The minimum atomic E-state index is -0.281. The van der Waals surface area contributed by atoms with E-state index in [0.29, 0.717) is 5.95 Å². The molecule has 0 saturated heterocycles. The molecule has 0 radical (unpaired) electrons. The van der Waals surface area contributed by atoms with Crippen LogP contribution in [0.25, 0.3) is 0 Å². The van der Waals surface area contributed by atoms with Gasteiger partial charge in [0.1, 0.15) is 12.1 Å². The van der Waals surface area contributed by atoms with Crippen molar-refractivity contribution >= 4 is 11.9 Å². The number of hydrogen-bond donors (Lipinski definition) is 2. The maximum absolute atomic E-state index is 11.6. The smallest absolute Gasteiger partial charge is 0.264 e. The van der Waals surface area contributed by atoms with Crippen LogP contribution in [0.1, 0.15) is 16.7 Å². The number of carbonyl (C=O) groups excluding carboxylic acids is 1. The summed E-state index contributed by atoms with van der Waals surface area (Å²) in [6, 6.07) is 4.05. The van der Waals surface area contributed by atoms with E-state index in [0.717, 1.165) is 16.9 Å². The van der Waals surface area contributed by atoms with E-state index in [-0.39, 0.29) is 12.5 Å². The van der Waals surface area contributed by atoms with Crippen molar-refractivity contribution in [2.75, 3.05) is 11.9 Å². The summed E-state index contributed by atoms with van der Waals surface area (Å²) in [7, 11) is 0. The molecule has 1 heterocycles. The molecule has 19 heavy (non-hydrogen) atoms. The number of aromatic amines is 1. The van der Waals surface area contributed by atoms with Gasteiger partial charge in [-0.05, 0) is 31.9 Å². The van der Waals surface area contributed by atoms with Crippen molar-refractivity contribution in [3.05, 3.63) is 35.2 Å². The fraction of sp³-hybridized carbons (Fsp3) is 0.308. The number of hydrogen-bond acceptors (Lipinski definition) is 4. The minimum absolute atomic E-state index is 0.0640. The van der Waals surface area contributed by atoms with E-state index in [1.54, 1.807) is 0 Å². The van der Waals surface area contributed by atoms with E-state index in [9.17, 15) is 4.79 Å². The summed E-state index contributed by atoms with van der Waals surface area (Å²) in [5.74, 6) is 0.778. The van der Waals surface area contributed by atoms with E-state index in [2.05, 4.69) is 20.5 Å². The van der Waals surface area contributed by atoms with E-state index in [4.69, 9.17) is 4.74 Å². The summed E-state index contributed by atoms with van der Waals surface area (Å²) in [5.41, 5.74) is 3.21. The van der Waals surface area contributed by atoms with Gasteiger partial charge in [0, 0.05) is 0 Å². The summed E-state index contributed by atoms with van der Waals surface area (Å²) in [5, 5.41) is 8.74. The van der Waals surface area contributed by atoms with Crippen molar-refractivity contribution in [1.82, 2.24) is 15.2 Å². The van der Waals surface area contributed by atoms with Crippen molar-refractivity contribution in [1.29, 1.82) is 0 Å². The maximum Gasteiger partial charge on any atom is 0.264 e. The predicted molar refractivity (Wildman–Crippen MR) is 71.2 cm³/mol. The zero-order chi connectivity index (χ0) is 13.8. The third kappa shape index (κ3) is 3.31. The molecule has 1 amide bonds. The molecule has 0 spiro atoms. The Kier molecular flexibility index (Phi) is 3.79. The molecular weight excluding hydrogens is 244 g/mol. The van der Waals surface area contributed by atoms with Crippen LogP contribution in [-0.2, 0) is 4.79 Å². The first-order chi connectivity index (χ1) is 9.06. The molecule has 0 aliphatic rings.